The lowest BCUT2D eigenvalue weighted by Crippen LogP contribution is -2.32. The predicted molar refractivity (Wildman–Crippen MR) is 37.1 cm³/mol. The summed E-state index contributed by atoms with van der Waals surface area (Å²) in [5, 5.41) is 0. The van der Waals surface area contributed by atoms with Gasteiger partial charge in [0.15, 0.2) is 0 Å². The topological polar surface area (TPSA) is 35.2 Å². The monoisotopic (exact) mass is 129 g/mol. The van der Waals surface area contributed by atoms with Gasteiger partial charge < -0.3 is 10.5 Å². The van der Waals surface area contributed by atoms with Gasteiger partial charge in [-0.05, 0) is 5.92 Å². The normalized spacial score (nSPS) is 43.7. The van der Waals surface area contributed by atoms with Gasteiger partial charge in [-0.15, -0.1) is 0 Å². The molecule has 0 bridgehead atoms. The van der Waals surface area contributed by atoms with Gasteiger partial charge >= 0.3 is 0 Å². The summed E-state index contributed by atoms with van der Waals surface area (Å²) in [5.41, 5.74) is 5.83. The third-order valence-electron chi connectivity index (χ3n) is 2.46. The Bertz CT molecular complexity index is 105. The molecule has 1 rings (SSSR count). The number of ether oxygens (including phenoxy) is 1. The summed E-state index contributed by atoms with van der Waals surface area (Å²) in [6, 6.07) is 0. The second-order valence-corrected chi connectivity index (χ2v) is 3.27. The molecule has 1 aliphatic rings. The van der Waals surface area contributed by atoms with Crippen LogP contribution in [-0.2, 0) is 4.74 Å². The van der Waals surface area contributed by atoms with Crippen molar-refractivity contribution in [2.24, 2.45) is 17.1 Å². The minimum absolute atomic E-state index is 0.250. The lowest BCUT2D eigenvalue weighted by atomic mass is 9.81. The summed E-state index contributed by atoms with van der Waals surface area (Å²) in [6.07, 6.45) is 0. The Morgan fingerprint density at radius 2 is 2.44 bits per heavy atom. The van der Waals surface area contributed by atoms with E-state index in [9.17, 15) is 0 Å². The second-order valence-electron chi connectivity index (χ2n) is 3.27. The van der Waals surface area contributed by atoms with Crippen molar-refractivity contribution in [2.75, 3.05) is 19.8 Å². The fourth-order valence-corrected chi connectivity index (χ4v) is 1.07. The lowest BCUT2D eigenvalue weighted by molar-refractivity contribution is 0.162. The first-order valence-corrected chi connectivity index (χ1v) is 3.47. The van der Waals surface area contributed by atoms with E-state index in [4.69, 9.17) is 10.5 Å². The molecule has 0 aliphatic carbocycles. The van der Waals surface area contributed by atoms with E-state index in [1.165, 1.54) is 0 Å². The van der Waals surface area contributed by atoms with Crippen molar-refractivity contribution >= 4 is 0 Å². The molecule has 1 heterocycles. The van der Waals surface area contributed by atoms with Gasteiger partial charge in [-0.3, -0.25) is 0 Å². The van der Waals surface area contributed by atoms with Gasteiger partial charge in [0, 0.05) is 18.6 Å². The van der Waals surface area contributed by atoms with Crippen LogP contribution in [0, 0.1) is 11.3 Å². The van der Waals surface area contributed by atoms with Gasteiger partial charge in [-0.2, -0.15) is 0 Å². The molecule has 1 aliphatic heterocycles. The number of nitrogens with two attached hydrogens (primary N) is 1. The van der Waals surface area contributed by atoms with Crippen LogP contribution in [0.4, 0.5) is 0 Å². The van der Waals surface area contributed by atoms with Crippen LogP contribution in [0.5, 0.6) is 0 Å². The lowest BCUT2D eigenvalue weighted by Gasteiger charge is -2.24. The van der Waals surface area contributed by atoms with Crippen molar-refractivity contribution in [2.45, 2.75) is 13.8 Å². The SMILES string of the molecule is CC1COCC1(C)CN. The quantitative estimate of drug-likeness (QED) is 0.563. The first kappa shape index (κ1) is 7.03. The standard InChI is InChI=1S/C7H15NO/c1-6-3-9-5-7(6,2)4-8/h6H,3-5,8H2,1-2H3. The zero-order valence-electron chi connectivity index (χ0n) is 6.18. The van der Waals surface area contributed by atoms with Crippen LogP contribution in [0.1, 0.15) is 13.8 Å². The van der Waals surface area contributed by atoms with Gasteiger partial charge in [0.2, 0.25) is 0 Å². The Balaban J connectivity index is 2.56. The highest BCUT2D eigenvalue weighted by atomic mass is 16.5. The molecule has 2 atom stereocenters. The smallest absolute Gasteiger partial charge is 0.0535 e. The van der Waals surface area contributed by atoms with E-state index in [0.717, 1.165) is 19.8 Å². The van der Waals surface area contributed by atoms with Gasteiger partial charge in [0.05, 0.1) is 6.61 Å². The van der Waals surface area contributed by atoms with E-state index in [1.54, 1.807) is 0 Å². The third-order valence-corrected chi connectivity index (χ3v) is 2.46. The van der Waals surface area contributed by atoms with E-state index in [2.05, 4.69) is 13.8 Å². The summed E-state index contributed by atoms with van der Waals surface area (Å²) >= 11 is 0. The van der Waals surface area contributed by atoms with Crippen LogP contribution >= 0.6 is 0 Å². The number of rotatable bonds is 1. The van der Waals surface area contributed by atoms with Crippen molar-refractivity contribution < 1.29 is 4.74 Å². The fourth-order valence-electron chi connectivity index (χ4n) is 1.07. The van der Waals surface area contributed by atoms with Crippen molar-refractivity contribution in [1.29, 1.82) is 0 Å². The van der Waals surface area contributed by atoms with Gasteiger partial charge in [-0.1, -0.05) is 13.8 Å². The second kappa shape index (κ2) is 2.27. The predicted octanol–water partition coefficient (Wildman–Crippen LogP) is 0.618. The minimum Gasteiger partial charge on any atom is -0.381 e. The molecule has 0 spiro atoms. The molecule has 0 aromatic carbocycles. The molecule has 0 aromatic heterocycles. The maximum absolute atomic E-state index is 5.58. The van der Waals surface area contributed by atoms with Crippen LogP contribution in [0.3, 0.4) is 0 Å². The largest absolute Gasteiger partial charge is 0.381 e. The van der Waals surface area contributed by atoms with Crippen molar-refractivity contribution in [3.8, 4) is 0 Å². The Labute approximate surface area is 56.4 Å². The molecule has 2 heteroatoms. The Kier molecular flexibility index (Phi) is 1.78. The Morgan fingerprint density at radius 3 is 2.67 bits per heavy atom. The molecule has 2 N–H and O–H groups in total. The molecule has 0 amide bonds. The summed E-state index contributed by atoms with van der Waals surface area (Å²) in [7, 11) is 0. The molecule has 0 saturated carbocycles. The fraction of sp³-hybridized carbons (Fsp3) is 1.00. The zero-order valence-corrected chi connectivity index (χ0v) is 6.18. The maximum atomic E-state index is 5.58. The van der Waals surface area contributed by atoms with E-state index in [1.807, 2.05) is 0 Å². The summed E-state index contributed by atoms with van der Waals surface area (Å²) in [6.45, 7) is 6.84. The first-order chi connectivity index (χ1) is 4.19. The van der Waals surface area contributed by atoms with Crippen LogP contribution in [0.2, 0.25) is 0 Å². The van der Waals surface area contributed by atoms with E-state index in [-0.39, 0.29) is 5.41 Å². The highest BCUT2D eigenvalue weighted by Gasteiger charge is 2.35. The molecule has 0 radical (unpaired) electrons. The summed E-state index contributed by atoms with van der Waals surface area (Å²) in [4.78, 5) is 0. The molecule has 54 valence electrons. The molecule has 1 saturated heterocycles. The average molecular weight is 129 g/mol. The van der Waals surface area contributed by atoms with Gasteiger partial charge in [0.1, 0.15) is 0 Å². The highest BCUT2D eigenvalue weighted by Crippen LogP contribution is 2.31. The maximum Gasteiger partial charge on any atom is 0.0535 e. The molecule has 1 fully saturated rings. The highest BCUT2D eigenvalue weighted by molar-refractivity contribution is 4.84. The third kappa shape index (κ3) is 1.10. The molecule has 2 unspecified atom stereocenters. The molecular weight excluding hydrogens is 114 g/mol. The summed E-state index contributed by atoms with van der Waals surface area (Å²) in [5.74, 6) is 0.627. The number of hydrogen-bond acceptors (Lipinski definition) is 2. The van der Waals surface area contributed by atoms with Crippen molar-refractivity contribution in [1.82, 2.24) is 0 Å². The average Bonchev–Trinajstić information content (AvgIpc) is 2.15. The Hall–Kier alpha value is -0.0800. The summed E-state index contributed by atoms with van der Waals surface area (Å²) < 4.78 is 5.28. The van der Waals surface area contributed by atoms with E-state index < -0.39 is 0 Å². The van der Waals surface area contributed by atoms with E-state index in [0.29, 0.717) is 5.92 Å². The zero-order chi connectivity index (χ0) is 6.91. The molecular formula is C7H15NO. The molecule has 9 heavy (non-hydrogen) atoms. The van der Waals surface area contributed by atoms with Crippen LogP contribution in [0.25, 0.3) is 0 Å². The van der Waals surface area contributed by atoms with Crippen LogP contribution in [0.15, 0.2) is 0 Å². The first-order valence-electron chi connectivity index (χ1n) is 3.47. The van der Waals surface area contributed by atoms with E-state index >= 15 is 0 Å². The number of hydrogen-bond donors (Lipinski definition) is 1. The van der Waals surface area contributed by atoms with Gasteiger partial charge in [0.25, 0.3) is 0 Å². The minimum atomic E-state index is 0.250. The van der Waals surface area contributed by atoms with Crippen molar-refractivity contribution in [3.63, 3.8) is 0 Å². The Morgan fingerprint density at radius 1 is 1.78 bits per heavy atom. The van der Waals surface area contributed by atoms with Crippen LogP contribution < -0.4 is 5.73 Å². The van der Waals surface area contributed by atoms with Gasteiger partial charge in [-0.25, -0.2) is 0 Å². The molecule has 0 aromatic rings. The van der Waals surface area contributed by atoms with Crippen molar-refractivity contribution in [3.05, 3.63) is 0 Å². The van der Waals surface area contributed by atoms with Crippen LogP contribution in [-0.4, -0.2) is 19.8 Å². The molecule has 2 nitrogen and oxygen atoms in total.